The van der Waals surface area contributed by atoms with Crippen molar-refractivity contribution in [3.63, 3.8) is 0 Å². The maximum absolute atomic E-state index is 12.5. The van der Waals surface area contributed by atoms with Crippen LogP contribution in [0, 0.1) is 11.8 Å². The second-order valence-corrected chi connectivity index (χ2v) is 10.7. The van der Waals surface area contributed by atoms with E-state index in [1.54, 1.807) is 18.9 Å². The molecule has 3 aliphatic heterocycles. The van der Waals surface area contributed by atoms with Gasteiger partial charge in [0.05, 0.1) is 13.0 Å². The third-order valence-corrected chi connectivity index (χ3v) is 8.71. The van der Waals surface area contributed by atoms with Crippen molar-refractivity contribution in [3.05, 3.63) is 95.6 Å². The largest absolute Gasteiger partial charge is 0.496 e. The van der Waals surface area contributed by atoms with E-state index in [0.717, 1.165) is 30.8 Å². The molecular weight excluding hydrogens is 466 g/mol. The first-order valence-electron chi connectivity index (χ1n) is 12.7. The predicted molar refractivity (Wildman–Crippen MR) is 146 cm³/mol. The minimum Gasteiger partial charge on any atom is -0.496 e. The lowest BCUT2D eigenvalue weighted by Gasteiger charge is -2.56. The molecule has 5 nitrogen and oxygen atoms in total. The molecule has 6 rings (SSSR count). The first kappa shape index (κ1) is 24.9. The summed E-state index contributed by atoms with van der Waals surface area (Å²) in [5, 5.41) is 3.91. The summed E-state index contributed by atoms with van der Waals surface area (Å²) >= 11 is 1.73. The molecule has 3 saturated heterocycles. The Morgan fingerprint density at radius 2 is 1.75 bits per heavy atom. The zero-order valence-electron chi connectivity index (χ0n) is 21.0. The molecule has 1 amide bonds. The standard InChI is InChI=1S/C30H35N3O2S/c1-35-26-14-13-23(36-2)17-22(26)18-32-28-24-15-16-33(19-25(24)30(31)34)29(28)27(20-9-5-3-6-10-20)21-11-7-4-8-12-21/h3-14,17,24-25,27-29,32H,15-16,18-19H2,1-2H3,(H2,31,34)/t24-,25-,28-,29-/m0/s1. The van der Waals surface area contributed by atoms with Crippen molar-refractivity contribution >= 4 is 17.7 Å². The molecule has 1 unspecified atom stereocenters. The average molecular weight is 502 g/mol. The van der Waals surface area contributed by atoms with Crippen LogP contribution in [-0.2, 0) is 11.3 Å². The fourth-order valence-corrected chi connectivity index (χ4v) is 6.79. The molecule has 0 radical (unpaired) electrons. The van der Waals surface area contributed by atoms with Gasteiger partial charge in [0.2, 0.25) is 5.91 Å². The number of hydrogen-bond acceptors (Lipinski definition) is 5. The molecule has 3 aromatic rings. The Morgan fingerprint density at radius 3 is 2.33 bits per heavy atom. The SMILES string of the molecule is COc1ccc(SC)cc1CN[C@H]1[C@H]2CCN(C[C@@H]2C(N)=O)[C@H]1C(c1ccccc1)c1ccccc1. The van der Waals surface area contributed by atoms with Crippen LogP contribution in [0.4, 0.5) is 0 Å². The molecule has 3 N–H and O–H groups in total. The summed E-state index contributed by atoms with van der Waals surface area (Å²) < 4.78 is 5.69. The lowest BCUT2D eigenvalue weighted by atomic mass is 9.66. The van der Waals surface area contributed by atoms with Gasteiger partial charge in [0, 0.05) is 41.6 Å². The zero-order valence-corrected chi connectivity index (χ0v) is 21.8. The quantitative estimate of drug-likeness (QED) is 0.422. The molecule has 36 heavy (non-hydrogen) atoms. The molecular formula is C30H35N3O2S. The van der Waals surface area contributed by atoms with E-state index in [2.05, 4.69) is 89.3 Å². The Kier molecular flexibility index (Phi) is 7.65. The molecule has 5 atom stereocenters. The van der Waals surface area contributed by atoms with Gasteiger partial charge in [-0.25, -0.2) is 0 Å². The van der Waals surface area contributed by atoms with E-state index in [4.69, 9.17) is 10.5 Å². The summed E-state index contributed by atoms with van der Waals surface area (Å²) in [5.41, 5.74) is 9.66. The van der Waals surface area contributed by atoms with Gasteiger partial charge < -0.3 is 15.8 Å². The van der Waals surface area contributed by atoms with Gasteiger partial charge in [-0.2, -0.15) is 0 Å². The Labute approximate surface area is 218 Å². The first-order valence-corrected chi connectivity index (χ1v) is 13.9. The topological polar surface area (TPSA) is 67.6 Å². The van der Waals surface area contributed by atoms with Crippen molar-refractivity contribution in [3.8, 4) is 5.75 Å². The summed E-state index contributed by atoms with van der Waals surface area (Å²) in [6.45, 7) is 2.38. The van der Waals surface area contributed by atoms with Gasteiger partial charge in [-0.15, -0.1) is 11.8 Å². The molecule has 2 bridgehead atoms. The van der Waals surface area contributed by atoms with Crippen LogP contribution in [0.3, 0.4) is 0 Å². The van der Waals surface area contributed by atoms with Crippen LogP contribution in [0.25, 0.3) is 0 Å². The van der Waals surface area contributed by atoms with Gasteiger partial charge in [-0.3, -0.25) is 9.69 Å². The molecule has 3 aromatic carbocycles. The maximum atomic E-state index is 12.5. The number of carbonyl (C=O) groups is 1. The number of hydrogen-bond donors (Lipinski definition) is 2. The van der Waals surface area contributed by atoms with Gasteiger partial charge in [0.15, 0.2) is 0 Å². The highest BCUT2D eigenvalue weighted by molar-refractivity contribution is 7.98. The maximum Gasteiger partial charge on any atom is 0.222 e. The van der Waals surface area contributed by atoms with Crippen molar-refractivity contribution in [2.24, 2.45) is 17.6 Å². The van der Waals surface area contributed by atoms with E-state index >= 15 is 0 Å². The molecule has 0 spiro atoms. The van der Waals surface area contributed by atoms with Gasteiger partial charge in [0.1, 0.15) is 5.75 Å². The first-order chi connectivity index (χ1) is 17.6. The minimum atomic E-state index is -0.187. The van der Waals surface area contributed by atoms with E-state index in [1.165, 1.54) is 16.0 Å². The van der Waals surface area contributed by atoms with Crippen LogP contribution in [-0.4, -0.2) is 49.3 Å². The monoisotopic (exact) mass is 501 g/mol. The van der Waals surface area contributed by atoms with Crippen LogP contribution < -0.4 is 15.8 Å². The molecule has 3 aliphatic rings. The van der Waals surface area contributed by atoms with Gasteiger partial charge in [-0.05, 0) is 54.5 Å². The molecule has 0 saturated carbocycles. The Morgan fingerprint density at radius 1 is 1.08 bits per heavy atom. The number of carbonyl (C=O) groups excluding carboxylic acids is 1. The second-order valence-electron chi connectivity index (χ2n) is 9.83. The van der Waals surface area contributed by atoms with Crippen LogP contribution in [0.15, 0.2) is 83.8 Å². The molecule has 0 aliphatic carbocycles. The van der Waals surface area contributed by atoms with Crippen LogP contribution in [0.2, 0.25) is 0 Å². The number of fused-ring (bicyclic) bond motifs is 3. The third-order valence-electron chi connectivity index (χ3n) is 7.99. The number of nitrogens with one attached hydrogen (secondary N) is 1. The summed E-state index contributed by atoms with van der Waals surface area (Å²) in [7, 11) is 1.72. The summed E-state index contributed by atoms with van der Waals surface area (Å²) in [4.78, 5) is 16.2. The highest BCUT2D eigenvalue weighted by Gasteiger charge is 2.51. The summed E-state index contributed by atoms with van der Waals surface area (Å²) in [6, 6.07) is 28.2. The number of thioether (sulfide) groups is 1. The number of ether oxygens (including phenoxy) is 1. The van der Waals surface area contributed by atoms with Gasteiger partial charge >= 0.3 is 0 Å². The average Bonchev–Trinajstić information content (AvgIpc) is 2.93. The van der Waals surface area contributed by atoms with Gasteiger partial charge in [0.25, 0.3) is 0 Å². The Hall–Kier alpha value is -2.80. The number of primary amides is 1. The summed E-state index contributed by atoms with van der Waals surface area (Å²) in [6.07, 6.45) is 3.06. The lowest BCUT2D eigenvalue weighted by molar-refractivity contribution is -0.132. The zero-order chi connectivity index (χ0) is 25.1. The number of rotatable bonds is 9. The smallest absolute Gasteiger partial charge is 0.222 e. The molecule has 3 heterocycles. The second kappa shape index (κ2) is 11.1. The number of piperidine rings is 3. The van der Waals surface area contributed by atoms with Crippen molar-refractivity contribution < 1.29 is 9.53 Å². The highest BCUT2D eigenvalue weighted by Crippen LogP contribution is 2.44. The van der Waals surface area contributed by atoms with E-state index in [-0.39, 0.29) is 35.7 Å². The van der Waals surface area contributed by atoms with Crippen molar-refractivity contribution in [2.75, 3.05) is 26.5 Å². The Balaban J connectivity index is 1.54. The van der Waals surface area contributed by atoms with Gasteiger partial charge in [-0.1, -0.05) is 60.7 Å². The van der Waals surface area contributed by atoms with Crippen LogP contribution in [0.5, 0.6) is 5.75 Å². The van der Waals surface area contributed by atoms with Crippen LogP contribution in [0.1, 0.15) is 29.0 Å². The fourth-order valence-electron chi connectivity index (χ4n) is 6.32. The van der Waals surface area contributed by atoms with E-state index < -0.39 is 0 Å². The molecule has 188 valence electrons. The number of nitrogens with two attached hydrogens (primary N) is 1. The van der Waals surface area contributed by atoms with E-state index in [9.17, 15) is 4.79 Å². The number of amides is 1. The predicted octanol–water partition coefficient (Wildman–Crippen LogP) is 4.51. The van der Waals surface area contributed by atoms with E-state index in [0.29, 0.717) is 6.54 Å². The molecule has 6 heteroatoms. The van der Waals surface area contributed by atoms with E-state index in [1.807, 2.05) is 6.07 Å². The lowest BCUT2D eigenvalue weighted by Crippen LogP contribution is -2.68. The third kappa shape index (κ3) is 4.90. The minimum absolute atomic E-state index is 0.109. The number of benzene rings is 3. The van der Waals surface area contributed by atoms with Crippen molar-refractivity contribution in [1.29, 1.82) is 0 Å². The number of nitrogens with zero attached hydrogens (tertiary/aromatic N) is 1. The number of methoxy groups -OCH3 is 1. The van der Waals surface area contributed by atoms with Crippen LogP contribution >= 0.6 is 11.8 Å². The Bertz CT molecular complexity index is 1130. The summed E-state index contributed by atoms with van der Waals surface area (Å²) in [5.74, 6) is 0.933. The van der Waals surface area contributed by atoms with Crippen molar-refractivity contribution in [1.82, 2.24) is 10.2 Å². The normalized spacial score (nSPS) is 25.1. The molecule has 3 fully saturated rings. The van der Waals surface area contributed by atoms with Crippen molar-refractivity contribution in [2.45, 2.75) is 35.9 Å². The highest BCUT2D eigenvalue weighted by atomic mass is 32.2. The fraction of sp³-hybridized carbons (Fsp3) is 0.367. The molecule has 0 aromatic heterocycles.